The molecule has 0 saturated heterocycles. The molecule has 0 fully saturated rings. The largest absolute Gasteiger partial charge is 0.496 e. The number of halogens is 1. The first kappa shape index (κ1) is 23.9. The molecule has 0 saturated carbocycles. The first-order valence-corrected chi connectivity index (χ1v) is 12.0. The summed E-state index contributed by atoms with van der Waals surface area (Å²) in [5.74, 6) is 1.31. The van der Waals surface area contributed by atoms with Gasteiger partial charge < -0.3 is 14.5 Å². The van der Waals surface area contributed by atoms with E-state index in [0.717, 1.165) is 23.1 Å². The minimum atomic E-state index is -0.326. The van der Waals surface area contributed by atoms with Gasteiger partial charge in [0.25, 0.3) is 5.91 Å². The molecule has 1 amide bonds. The quantitative estimate of drug-likeness (QED) is 0.260. The van der Waals surface area contributed by atoms with Crippen LogP contribution >= 0.6 is 28.1 Å². The average Bonchev–Trinajstić information content (AvgIpc) is 3.27. The van der Waals surface area contributed by atoms with Gasteiger partial charge in [0.05, 0.1) is 11.6 Å². The predicted octanol–water partition coefficient (Wildman–Crippen LogP) is 6.91. The zero-order valence-electron chi connectivity index (χ0n) is 19.0. The van der Waals surface area contributed by atoms with Gasteiger partial charge in [0.1, 0.15) is 11.3 Å². The number of anilines is 1. The summed E-state index contributed by atoms with van der Waals surface area (Å²) in [6, 6.07) is 18.7. The van der Waals surface area contributed by atoms with Crippen molar-refractivity contribution in [2.24, 2.45) is 0 Å². The number of hydrogen-bond donors (Lipinski definition) is 2. The van der Waals surface area contributed by atoms with E-state index >= 15 is 0 Å². The van der Waals surface area contributed by atoms with Crippen molar-refractivity contribution < 1.29 is 13.9 Å². The fourth-order valence-corrected chi connectivity index (χ4v) is 4.24. The number of oxazole rings is 1. The summed E-state index contributed by atoms with van der Waals surface area (Å²) in [5.41, 5.74) is 4.79. The number of nitrogens with one attached hydrogen (secondary N) is 2. The molecule has 0 aliphatic heterocycles. The number of amides is 1. The Bertz CT molecular complexity index is 1370. The second kappa shape index (κ2) is 10.4. The average molecular weight is 538 g/mol. The SMILES string of the molecule is CCC(C)c1ccc2oc(-c3cccc(NC(=S)NC(=O)c4ccc(OC)c(Br)c4)c3)nc2c1. The summed E-state index contributed by atoms with van der Waals surface area (Å²) in [7, 11) is 1.57. The molecule has 34 heavy (non-hydrogen) atoms. The number of methoxy groups -OCH3 is 1. The molecule has 0 aliphatic rings. The highest BCUT2D eigenvalue weighted by molar-refractivity contribution is 9.10. The second-order valence-electron chi connectivity index (χ2n) is 7.89. The Morgan fingerprint density at radius 1 is 1.18 bits per heavy atom. The standard InChI is InChI=1S/C26H24BrN3O3S/c1-4-15(2)16-8-11-23-21(14-16)29-25(33-23)18-6-5-7-19(12-18)28-26(34)30-24(31)17-9-10-22(32-3)20(27)13-17/h5-15H,4H2,1-3H3,(H2,28,30,31,34). The lowest BCUT2D eigenvalue weighted by atomic mass is 9.98. The van der Waals surface area contributed by atoms with Crippen molar-refractivity contribution >= 4 is 56.0 Å². The van der Waals surface area contributed by atoms with Gasteiger partial charge in [0.15, 0.2) is 10.7 Å². The van der Waals surface area contributed by atoms with Crippen molar-refractivity contribution in [3.63, 3.8) is 0 Å². The summed E-state index contributed by atoms with van der Waals surface area (Å²) < 4.78 is 11.9. The van der Waals surface area contributed by atoms with Crippen LogP contribution in [0.5, 0.6) is 5.75 Å². The highest BCUT2D eigenvalue weighted by atomic mass is 79.9. The summed E-state index contributed by atoms with van der Waals surface area (Å²) in [4.78, 5) is 17.2. The Kier molecular flexibility index (Phi) is 7.29. The zero-order chi connectivity index (χ0) is 24.2. The Labute approximate surface area is 211 Å². The van der Waals surface area contributed by atoms with Crippen molar-refractivity contribution in [3.8, 4) is 17.2 Å². The van der Waals surface area contributed by atoms with Gasteiger partial charge in [-0.15, -0.1) is 0 Å². The number of fused-ring (bicyclic) bond motifs is 1. The third-order valence-electron chi connectivity index (χ3n) is 5.60. The summed E-state index contributed by atoms with van der Waals surface area (Å²) >= 11 is 8.72. The van der Waals surface area contributed by atoms with E-state index < -0.39 is 0 Å². The maximum atomic E-state index is 12.6. The molecule has 1 atom stereocenters. The minimum absolute atomic E-state index is 0.185. The van der Waals surface area contributed by atoms with Gasteiger partial charge in [0.2, 0.25) is 5.89 Å². The van der Waals surface area contributed by atoms with Gasteiger partial charge in [-0.3, -0.25) is 10.1 Å². The van der Waals surface area contributed by atoms with E-state index in [9.17, 15) is 4.79 Å². The van der Waals surface area contributed by atoms with Gasteiger partial charge in [-0.05, 0) is 94.6 Å². The van der Waals surface area contributed by atoms with Crippen LogP contribution in [0, 0.1) is 0 Å². The number of ether oxygens (including phenoxy) is 1. The molecule has 174 valence electrons. The number of benzene rings is 3. The van der Waals surface area contributed by atoms with Crippen LogP contribution in [0.25, 0.3) is 22.6 Å². The van der Waals surface area contributed by atoms with E-state index in [0.29, 0.717) is 33.3 Å². The van der Waals surface area contributed by atoms with Crippen LogP contribution in [0.15, 0.2) is 69.6 Å². The molecular weight excluding hydrogens is 514 g/mol. The molecule has 0 aliphatic carbocycles. The van der Waals surface area contributed by atoms with Crippen molar-refractivity contribution in [3.05, 3.63) is 76.3 Å². The number of rotatable bonds is 6. The third-order valence-corrected chi connectivity index (χ3v) is 6.43. The number of carbonyl (C=O) groups excluding carboxylic acids is 1. The number of nitrogens with zero attached hydrogens (tertiary/aromatic N) is 1. The second-order valence-corrected chi connectivity index (χ2v) is 9.16. The molecule has 0 radical (unpaired) electrons. The Hall–Kier alpha value is -3.23. The van der Waals surface area contributed by atoms with Crippen LogP contribution in [-0.4, -0.2) is 23.1 Å². The number of thiocarbonyl (C=S) groups is 1. The molecular formula is C26H24BrN3O3S. The molecule has 3 aromatic carbocycles. The topological polar surface area (TPSA) is 76.4 Å². The van der Waals surface area contributed by atoms with E-state index in [2.05, 4.69) is 57.5 Å². The summed E-state index contributed by atoms with van der Waals surface area (Å²) in [5, 5.41) is 5.93. The lowest BCUT2D eigenvalue weighted by Gasteiger charge is -2.11. The van der Waals surface area contributed by atoms with Crippen molar-refractivity contribution in [2.75, 3.05) is 12.4 Å². The first-order valence-electron chi connectivity index (χ1n) is 10.8. The van der Waals surface area contributed by atoms with Gasteiger partial charge in [0, 0.05) is 16.8 Å². The number of aromatic nitrogens is 1. The maximum Gasteiger partial charge on any atom is 0.257 e. The highest BCUT2D eigenvalue weighted by Gasteiger charge is 2.13. The fourth-order valence-electron chi connectivity index (χ4n) is 3.49. The molecule has 2 N–H and O–H groups in total. The van der Waals surface area contributed by atoms with Crippen LogP contribution in [0.2, 0.25) is 0 Å². The van der Waals surface area contributed by atoms with E-state index in [1.165, 1.54) is 5.56 Å². The van der Waals surface area contributed by atoms with E-state index in [4.69, 9.17) is 21.4 Å². The van der Waals surface area contributed by atoms with Crippen LogP contribution in [0.1, 0.15) is 42.1 Å². The molecule has 0 spiro atoms. The number of hydrogen-bond acceptors (Lipinski definition) is 5. The molecule has 1 heterocycles. The fraction of sp³-hybridized carbons (Fsp3) is 0.192. The van der Waals surface area contributed by atoms with Gasteiger partial charge >= 0.3 is 0 Å². The van der Waals surface area contributed by atoms with Gasteiger partial charge in [-0.1, -0.05) is 26.0 Å². The Balaban J connectivity index is 1.47. The van der Waals surface area contributed by atoms with Gasteiger partial charge in [-0.2, -0.15) is 0 Å². The minimum Gasteiger partial charge on any atom is -0.496 e. The summed E-state index contributed by atoms with van der Waals surface area (Å²) in [6.45, 7) is 4.37. The molecule has 1 unspecified atom stereocenters. The van der Waals surface area contributed by atoms with Crippen LogP contribution < -0.4 is 15.4 Å². The Morgan fingerprint density at radius 2 is 2.00 bits per heavy atom. The van der Waals surface area contributed by atoms with E-state index in [1.54, 1.807) is 25.3 Å². The molecule has 6 nitrogen and oxygen atoms in total. The first-order chi connectivity index (χ1) is 16.4. The van der Waals surface area contributed by atoms with Gasteiger partial charge in [-0.25, -0.2) is 4.98 Å². The van der Waals surface area contributed by atoms with E-state index in [1.807, 2.05) is 30.3 Å². The normalized spacial score (nSPS) is 11.8. The lowest BCUT2D eigenvalue weighted by molar-refractivity contribution is 0.0977. The van der Waals surface area contributed by atoms with Crippen LogP contribution in [-0.2, 0) is 0 Å². The maximum absolute atomic E-state index is 12.6. The lowest BCUT2D eigenvalue weighted by Crippen LogP contribution is -2.34. The highest BCUT2D eigenvalue weighted by Crippen LogP contribution is 2.29. The van der Waals surface area contributed by atoms with Crippen LogP contribution in [0.4, 0.5) is 5.69 Å². The molecule has 8 heteroatoms. The molecule has 4 aromatic rings. The third kappa shape index (κ3) is 5.29. The van der Waals surface area contributed by atoms with E-state index in [-0.39, 0.29) is 11.0 Å². The van der Waals surface area contributed by atoms with Crippen molar-refractivity contribution in [2.45, 2.75) is 26.2 Å². The molecule has 0 bridgehead atoms. The van der Waals surface area contributed by atoms with Crippen molar-refractivity contribution in [1.82, 2.24) is 10.3 Å². The van der Waals surface area contributed by atoms with Crippen LogP contribution in [0.3, 0.4) is 0 Å². The molecule has 4 rings (SSSR count). The number of carbonyl (C=O) groups is 1. The Morgan fingerprint density at radius 3 is 2.74 bits per heavy atom. The smallest absolute Gasteiger partial charge is 0.257 e. The monoisotopic (exact) mass is 537 g/mol. The predicted molar refractivity (Wildman–Crippen MR) is 143 cm³/mol. The van der Waals surface area contributed by atoms with Crippen molar-refractivity contribution in [1.29, 1.82) is 0 Å². The summed E-state index contributed by atoms with van der Waals surface area (Å²) in [6.07, 6.45) is 1.07. The zero-order valence-corrected chi connectivity index (χ0v) is 21.4. The molecule has 1 aromatic heterocycles.